The number of hydrogen-bond acceptors (Lipinski definition) is 7. The van der Waals surface area contributed by atoms with Crippen LogP contribution in [-0.2, 0) is 11.8 Å². The predicted octanol–water partition coefficient (Wildman–Crippen LogP) is 3.58. The lowest BCUT2D eigenvalue weighted by Crippen LogP contribution is -2.44. The molecule has 1 aliphatic heterocycles. The van der Waals surface area contributed by atoms with Crippen molar-refractivity contribution in [3.63, 3.8) is 0 Å². The summed E-state index contributed by atoms with van der Waals surface area (Å²) in [5, 5.41) is 4.56. The van der Waals surface area contributed by atoms with Crippen LogP contribution in [0.25, 0.3) is 11.0 Å². The van der Waals surface area contributed by atoms with E-state index in [2.05, 4.69) is 27.8 Å². The Kier molecular flexibility index (Phi) is 5.39. The Bertz CT molecular complexity index is 1270. The molecule has 0 radical (unpaired) electrons. The molecule has 3 fully saturated rings. The zero-order valence-corrected chi connectivity index (χ0v) is 20.3. The van der Waals surface area contributed by atoms with Crippen LogP contribution < -0.4 is 10.5 Å². The number of anilines is 1. The summed E-state index contributed by atoms with van der Waals surface area (Å²) in [5.74, 6) is 1.63. The number of ether oxygens (including phenoxy) is 1. The van der Waals surface area contributed by atoms with Crippen LogP contribution in [0.15, 0.2) is 17.2 Å². The van der Waals surface area contributed by atoms with E-state index < -0.39 is 0 Å². The van der Waals surface area contributed by atoms with Gasteiger partial charge in [0.25, 0.3) is 5.56 Å². The lowest BCUT2D eigenvalue weighted by molar-refractivity contribution is -0.0179. The topological polar surface area (TPSA) is 91.0 Å². The molecule has 9 nitrogen and oxygen atoms in total. The lowest BCUT2D eigenvalue weighted by Gasteiger charge is -2.37. The van der Waals surface area contributed by atoms with Crippen molar-refractivity contribution in [1.29, 1.82) is 0 Å². The first kappa shape index (κ1) is 21.7. The first-order valence-electron chi connectivity index (χ1n) is 12.7. The van der Waals surface area contributed by atoms with Crippen LogP contribution in [0.2, 0.25) is 0 Å². The number of fused-ring (bicyclic) bond motifs is 1. The highest BCUT2D eigenvalue weighted by molar-refractivity contribution is 5.77. The molecule has 2 atom stereocenters. The zero-order chi connectivity index (χ0) is 23.4. The van der Waals surface area contributed by atoms with Crippen molar-refractivity contribution in [3.05, 3.63) is 39.8 Å². The van der Waals surface area contributed by atoms with Gasteiger partial charge in [-0.2, -0.15) is 5.10 Å². The van der Waals surface area contributed by atoms with Crippen molar-refractivity contribution in [2.24, 2.45) is 7.05 Å². The molecule has 9 heteroatoms. The van der Waals surface area contributed by atoms with Crippen LogP contribution in [0.4, 0.5) is 5.95 Å². The summed E-state index contributed by atoms with van der Waals surface area (Å²) in [6, 6.07) is 0.542. The third kappa shape index (κ3) is 3.89. The molecule has 4 heterocycles. The fourth-order valence-electron chi connectivity index (χ4n) is 5.42. The molecule has 2 saturated carbocycles. The molecule has 6 rings (SSSR count). The second-order valence-corrected chi connectivity index (χ2v) is 10.3. The first-order valence-corrected chi connectivity index (χ1v) is 12.7. The highest BCUT2D eigenvalue weighted by atomic mass is 16.5. The summed E-state index contributed by atoms with van der Waals surface area (Å²) in [5.41, 5.74) is 3.03. The van der Waals surface area contributed by atoms with E-state index in [0.29, 0.717) is 47.9 Å². The monoisotopic (exact) mass is 463 g/mol. The average molecular weight is 464 g/mol. The van der Waals surface area contributed by atoms with Crippen LogP contribution in [0, 0.1) is 6.92 Å². The third-order valence-electron chi connectivity index (χ3n) is 7.61. The SMILES string of the molecule is Cc1nc2c(C3CCCCC3)nc(N3CC(C)OC(c4cnn(C5CC5)c4)C3)nc2c(=O)n1C. The van der Waals surface area contributed by atoms with E-state index in [1.165, 1.54) is 32.1 Å². The molecule has 0 N–H and O–H groups in total. The van der Waals surface area contributed by atoms with Gasteiger partial charge in [-0.3, -0.25) is 14.0 Å². The van der Waals surface area contributed by atoms with E-state index >= 15 is 0 Å². The second-order valence-electron chi connectivity index (χ2n) is 10.3. The highest BCUT2D eigenvalue weighted by Gasteiger charge is 2.32. The standard InChI is InChI=1S/C25H33N7O2/c1-15-12-31(14-20(34-15)18-11-26-32(13-18)19-9-10-19)25-28-21(17-7-5-4-6-8-17)22-23(29-25)24(33)30(3)16(2)27-22/h11,13,15,17,19-20H,4-10,12,14H2,1-3H3. The molecular weight excluding hydrogens is 430 g/mol. The Morgan fingerprint density at radius 1 is 1.00 bits per heavy atom. The second kappa shape index (κ2) is 8.45. The lowest BCUT2D eigenvalue weighted by atomic mass is 9.86. The number of aromatic nitrogens is 6. The van der Waals surface area contributed by atoms with Crippen molar-refractivity contribution in [2.45, 2.75) is 83.0 Å². The number of morpholine rings is 1. The molecule has 1 saturated heterocycles. The van der Waals surface area contributed by atoms with Gasteiger partial charge in [-0.15, -0.1) is 0 Å². The molecule has 3 aliphatic rings. The molecule has 0 spiro atoms. The third-order valence-corrected chi connectivity index (χ3v) is 7.61. The smallest absolute Gasteiger partial charge is 0.279 e. The maximum absolute atomic E-state index is 13.2. The van der Waals surface area contributed by atoms with Gasteiger partial charge in [0.05, 0.1) is 30.6 Å². The Morgan fingerprint density at radius 2 is 1.79 bits per heavy atom. The van der Waals surface area contributed by atoms with E-state index in [-0.39, 0.29) is 17.8 Å². The number of aryl methyl sites for hydroxylation is 1. The molecule has 0 amide bonds. The maximum atomic E-state index is 13.2. The Hall–Kier alpha value is -2.81. The summed E-state index contributed by atoms with van der Waals surface area (Å²) < 4.78 is 9.95. The Labute approximate surface area is 199 Å². The molecule has 2 aliphatic carbocycles. The van der Waals surface area contributed by atoms with E-state index in [1.807, 2.05) is 13.1 Å². The van der Waals surface area contributed by atoms with Gasteiger partial charge in [-0.1, -0.05) is 19.3 Å². The van der Waals surface area contributed by atoms with Gasteiger partial charge in [0, 0.05) is 31.3 Å². The van der Waals surface area contributed by atoms with Gasteiger partial charge in [-0.25, -0.2) is 15.0 Å². The quantitative estimate of drug-likeness (QED) is 0.584. The number of nitrogens with zero attached hydrogens (tertiary/aromatic N) is 7. The van der Waals surface area contributed by atoms with Crippen molar-refractivity contribution < 1.29 is 4.74 Å². The highest BCUT2D eigenvalue weighted by Crippen LogP contribution is 2.37. The Morgan fingerprint density at radius 3 is 2.56 bits per heavy atom. The normalized spacial score (nSPS) is 24.1. The van der Waals surface area contributed by atoms with Crippen molar-refractivity contribution in [3.8, 4) is 0 Å². The molecule has 3 aromatic heterocycles. The summed E-state index contributed by atoms with van der Waals surface area (Å²) in [7, 11) is 1.76. The van der Waals surface area contributed by atoms with Crippen LogP contribution in [-0.4, -0.2) is 48.5 Å². The van der Waals surface area contributed by atoms with Crippen LogP contribution in [0.1, 0.15) is 87.0 Å². The van der Waals surface area contributed by atoms with E-state index in [0.717, 1.165) is 24.1 Å². The first-order chi connectivity index (χ1) is 16.5. The summed E-state index contributed by atoms with van der Waals surface area (Å²) in [6.07, 6.45) is 12.2. The molecule has 0 bridgehead atoms. The number of rotatable bonds is 4. The largest absolute Gasteiger partial charge is 0.367 e. The fraction of sp³-hybridized carbons (Fsp3) is 0.640. The predicted molar refractivity (Wildman–Crippen MR) is 129 cm³/mol. The summed E-state index contributed by atoms with van der Waals surface area (Å²) in [6.45, 7) is 5.27. The van der Waals surface area contributed by atoms with Gasteiger partial charge in [0.2, 0.25) is 5.95 Å². The minimum absolute atomic E-state index is 0.0134. The molecule has 180 valence electrons. The molecule has 34 heavy (non-hydrogen) atoms. The number of hydrogen-bond donors (Lipinski definition) is 0. The van der Waals surface area contributed by atoms with Gasteiger partial charge >= 0.3 is 0 Å². The van der Waals surface area contributed by atoms with Gasteiger partial charge < -0.3 is 9.64 Å². The maximum Gasteiger partial charge on any atom is 0.279 e. The molecular formula is C25H33N7O2. The van der Waals surface area contributed by atoms with Crippen molar-refractivity contribution >= 4 is 17.0 Å². The zero-order valence-electron chi connectivity index (χ0n) is 20.3. The summed E-state index contributed by atoms with van der Waals surface area (Å²) in [4.78, 5) is 30.1. The minimum atomic E-state index is -0.105. The minimum Gasteiger partial charge on any atom is -0.367 e. The molecule has 3 aromatic rings. The molecule has 0 aromatic carbocycles. The van der Waals surface area contributed by atoms with E-state index in [1.54, 1.807) is 11.6 Å². The fourth-order valence-corrected chi connectivity index (χ4v) is 5.42. The van der Waals surface area contributed by atoms with Gasteiger partial charge in [-0.05, 0) is 39.5 Å². The van der Waals surface area contributed by atoms with Crippen molar-refractivity contribution in [1.82, 2.24) is 29.3 Å². The molecule has 2 unspecified atom stereocenters. The van der Waals surface area contributed by atoms with Crippen LogP contribution >= 0.6 is 0 Å². The average Bonchev–Trinajstić information content (AvgIpc) is 3.58. The van der Waals surface area contributed by atoms with Crippen LogP contribution in [0.5, 0.6) is 0 Å². The Balaban J connectivity index is 1.40. The van der Waals surface area contributed by atoms with Crippen LogP contribution in [0.3, 0.4) is 0 Å². The van der Waals surface area contributed by atoms with E-state index in [9.17, 15) is 4.79 Å². The summed E-state index contributed by atoms with van der Waals surface area (Å²) >= 11 is 0. The van der Waals surface area contributed by atoms with Gasteiger partial charge in [0.1, 0.15) is 17.4 Å². The van der Waals surface area contributed by atoms with Crippen molar-refractivity contribution in [2.75, 3.05) is 18.0 Å². The van der Waals surface area contributed by atoms with E-state index in [4.69, 9.17) is 19.7 Å². The van der Waals surface area contributed by atoms with Gasteiger partial charge in [0.15, 0.2) is 5.52 Å².